The third-order valence-corrected chi connectivity index (χ3v) is 3.49. The van der Waals surface area contributed by atoms with E-state index in [0.29, 0.717) is 33.3 Å². The van der Waals surface area contributed by atoms with Crippen molar-refractivity contribution >= 4 is 29.4 Å². The Kier molecular flexibility index (Phi) is 6.83. The molecule has 0 atom stereocenters. The number of anilines is 1. The SMILES string of the molecule is COc1ccc(/C=N\OCC(=O)Nc2cc(Cl)ccc2C#N)cc1OC. The average Bonchev–Trinajstić information content (AvgIpc) is 2.65. The quantitative estimate of drug-likeness (QED) is 0.594. The topological polar surface area (TPSA) is 92.9 Å². The molecule has 0 fully saturated rings. The van der Waals surface area contributed by atoms with Gasteiger partial charge in [-0.05, 0) is 36.4 Å². The molecular formula is C18H16ClN3O4. The van der Waals surface area contributed by atoms with E-state index in [0.717, 1.165) is 0 Å². The molecule has 0 saturated carbocycles. The molecule has 1 amide bonds. The number of nitrogens with one attached hydrogen (secondary N) is 1. The van der Waals surface area contributed by atoms with Crippen molar-refractivity contribution in [1.29, 1.82) is 5.26 Å². The van der Waals surface area contributed by atoms with Gasteiger partial charge in [0, 0.05) is 10.6 Å². The van der Waals surface area contributed by atoms with Crippen LogP contribution in [0.5, 0.6) is 11.5 Å². The van der Waals surface area contributed by atoms with Crippen LogP contribution in [0.3, 0.4) is 0 Å². The number of amides is 1. The second-order valence-electron chi connectivity index (χ2n) is 4.97. The molecule has 0 bridgehead atoms. The monoisotopic (exact) mass is 373 g/mol. The van der Waals surface area contributed by atoms with Crippen molar-refractivity contribution < 1.29 is 19.1 Å². The number of nitrogens with zero attached hydrogens (tertiary/aromatic N) is 2. The van der Waals surface area contributed by atoms with E-state index in [2.05, 4.69) is 10.5 Å². The van der Waals surface area contributed by atoms with Crippen LogP contribution in [0.2, 0.25) is 5.02 Å². The highest BCUT2D eigenvalue weighted by Gasteiger charge is 2.08. The van der Waals surface area contributed by atoms with Gasteiger partial charge in [0.05, 0.1) is 31.7 Å². The molecule has 8 heteroatoms. The lowest BCUT2D eigenvalue weighted by Gasteiger charge is -2.07. The fraction of sp³-hybridized carbons (Fsp3) is 0.167. The average molecular weight is 374 g/mol. The molecule has 1 N–H and O–H groups in total. The first kappa shape index (κ1) is 19.1. The number of nitriles is 1. The number of halogens is 1. The Morgan fingerprint density at radius 1 is 1.23 bits per heavy atom. The second kappa shape index (κ2) is 9.30. The number of rotatable bonds is 7. The minimum absolute atomic E-state index is 0.302. The molecule has 0 saturated heterocycles. The zero-order valence-corrected chi connectivity index (χ0v) is 14.9. The molecule has 2 aromatic rings. The molecular weight excluding hydrogens is 358 g/mol. The summed E-state index contributed by atoms with van der Waals surface area (Å²) in [4.78, 5) is 16.9. The Morgan fingerprint density at radius 2 is 2.00 bits per heavy atom. The van der Waals surface area contributed by atoms with E-state index in [-0.39, 0.29) is 6.61 Å². The smallest absolute Gasteiger partial charge is 0.265 e. The fourth-order valence-electron chi connectivity index (χ4n) is 2.03. The van der Waals surface area contributed by atoms with Gasteiger partial charge in [-0.25, -0.2) is 0 Å². The maximum atomic E-state index is 11.9. The molecule has 134 valence electrons. The van der Waals surface area contributed by atoms with Crippen molar-refractivity contribution in [3.63, 3.8) is 0 Å². The van der Waals surface area contributed by atoms with Crippen LogP contribution >= 0.6 is 11.6 Å². The Bertz CT molecular complexity index is 862. The molecule has 2 rings (SSSR count). The Balaban J connectivity index is 1.91. The zero-order chi connectivity index (χ0) is 18.9. The van der Waals surface area contributed by atoms with Crippen LogP contribution < -0.4 is 14.8 Å². The number of methoxy groups -OCH3 is 2. The van der Waals surface area contributed by atoms with Crippen LogP contribution in [0.25, 0.3) is 0 Å². The summed E-state index contributed by atoms with van der Waals surface area (Å²) in [5.41, 5.74) is 1.33. The van der Waals surface area contributed by atoms with Gasteiger partial charge in [0.25, 0.3) is 5.91 Å². The Hall–Kier alpha value is -3.24. The molecule has 0 aliphatic heterocycles. The molecule has 0 heterocycles. The largest absolute Gasteiger partial charge is 0.493 e. The number of ether oxygens (including phenoxy) is 2. The molecule has 0 aliphatic rings. The maximum absolute atomic E-state index is 11.9. The van der Waals surface area contributed by atoms with Gasteiger partial charge in [0.15, 0.2) is 18.1 Å². The van der Waals surface area contributed by atoms with E-state index in [1.54, 1.807) is 31.4 Å². The summed E-state index contributed by atoms with van der Waals surface area (Å²) in [6.45, 7) is -0.318. The van der Waals surface area contributed by atoms with Crippen molar-refractivity contribution in [2.45, 2.75) is 0 Å². The van der Waals surface area contributed by atoms with E-state index >= 15 is 0 Å². The minimum Gasteiger partial charge on any atom is -0.493 e. The molecule has 0 aliphatic carbocycles. The number of carbonyl (C=O) groups excluding carboxylic acids is 1. The molecule has 7 nitrogen and oxygen atoms in total. The summed E-state index contributed by atoms with van der Waals surface area (Å²) in [7, 11) is 3.08. The first-order chi connectivity index (χ1) is 12.6. The molecule has 26 heavy (non-hydrogen) atoms. The number of hydrogen-bond acceptors (Lipinski definition) is 6. The molecule has 0 radical (unpaired) electrons. The van der Waals surface area contributed by atoms with Gasteiger partial charge in [0.1, 0.15) is 6.07 Å². The number of hydrogen-bond donors (Lipinski definition) is 1. The summed E-state index contributed by atoms with van der Waals surface area (Å²) in [5, 5.41) is 15.7. The zero-order valence-electron chi connectivity index (χ0n) is 14.2. The molecule has 0 spiro atoms. The maximum Gasteiger partial charge on any atom is 0.265 e. The van der Waals surface area contributed by atoms with Gasteiger partial charge in [-0.15, -0.1) is 0 Å². The van der Waals surface area contributed by atoms with Gasteiger partial charge in [-0.2, -0.15) is 5.26 Å². The van der Waals surface area contributed by atoms with Crippen LogP contribution in [-0.2, 0) is 9.63 Å². The standard InChI is InChI=1S/C18H16ClN3O4/c1-24-16-6-3-12(7-17(16)25-2)10-21-26-11-18(23)22-15-8-14(19)5-4-13(15)9-20/h3-8,10H,11H2,1-2H3,(H,22,23)/b21-10-. The minimum atomic E-state index is -0.465. The van der Waals surface area contributed by atoms with Crippen molar-refractivity contribution in [2.75, 3.05) is 26.1 Å². The lowest BCUT2D eigenvalue weighted by Crippen LogP contribution is -2.17. The van der Waals surface area contributed by atoms with Crippen molar-refractivity contribution in [3.8, 4) is 17.6 Å². The highest BCUT2D eigenvalue weighted by Crippen LogP contribution is 2.26. The lowest BCUT2D eigenvalue weighted by molar-refractivity contribution is -0.120. The fourth-order valence-corrected chi connectivity index (χ4v) is 2.20. The predicted octanol–water partition coefficient (Wildman–Crippen LogP) is 3.22. The van der Waals surface area contributed by atoms with E-state index in [1.807, 2.05) is 6.07 Å². The summed E-state index contributed by atoms with van der Waals surface area (Å²) >= 11 is 5.86. The number of carbonyl (C=O) groups is 1. The van der Waals surface area contributed by atoms with Gasteiger partial charge in [-0.1, -0.05) is 16.8 Å². The summed E-state index contributed by atoms with van der Waals surface area (Å²) in [6, 6.07) is 11.8. The van der Waals surface area contributed by atoms with E-state index in [9.17, 15) is 4.79 Å². The summed E-state index contributed by atoms with van der Waals surface area (Å²) in [6.07, 6.45) is 1.44. The highest BCUT2D eigenvalue weighted by molar-refractivity contribution is 6.31. The summed E-state index contributed by atoms with van der Waals surface area (Å²) in [5.74, 6) is 0.687. The van der Waals surface area contributed by atoms with Gasteiger partial charge in [-0.3, -0.25) is 4.79 Å². The third-order valence-electron chi connectivity index (χ3n) is 3.26. The summed E-state index contributed by atoms with van der Waals surface area (Å²) < 4.78 is 10.3. The van der Waals surface area contributed by atoms with Gasteiger partial charge < -0.3 is 19.6 Å². The van der Waals surface area contributed by atoms with E-state index < -0.39 is 5.91 Å². The third kappa shape index (κ3) is 5.13. The Labute approximate surface area is 155 Å². The first-order valence-corrected chi connectivity index (χ1v) is 7.82. The highest BCUT2D eigenvalue weighted by atomic mass is 35.5. The lowest BCUT2D eigenvalue weighted by atomic mass is 10.2. The van der Waals surface area contributed by atoms with Gasteiger partial charge in [0.2, 0.25) is 0 Å². The number of benzene rings is 2. The molecule has 0 aromatic heterocycles. The van der Waals surface area contributed by atoms with Crippen LogP contribution in [0.4, 0.5) is 5.69 Å². The molecule has 0 unspecified atom stereocenters. The van der Waals surface area contributed by atoms with Crippen LogP contribution in [0.15, 0.2) is 41.6 Å². The number of oxime groups is 1. The molecule has 2 aromatic carbocycles. The second-order valence-corrected chi connectivity index (χ2v) is 5.41. The first-order valence-electron chi connectivity index (χ1n) is 7.44. The van der Waals surface area contributed by atoms with E-state index in [1.165, 1.54) is 25.5 Å². The predicted molar refractivity (Wildman–Crippen MR) is 97.9 cm³/mol. The van der Waals surface area contributed by atoms with Crippen LogP contribution in [-0.4, -0.2) is 32.9 Å². The van der Waals surface area contributed by atoms with Gasteiger partial charge >= 0.3 is 0 Å². The normalized spacial score (nSPS) is 10.2. The van der Waals surface area contributed by atoms with Crippen molar-refractivity contribution in [3.05, 3.63) is 52.5 Å². The van der Waals surface area contributed by atoms with E-state index in [4.69, 9.17) is 31.2 Å². The van der Waals surface area contributed by atoms with Crippen molar-refractivity contribution in [1.82, 2.24) is 0 Å². The Morgan fingerprint density at radius 3 is 2.69 bits per heavy atom. The van der Waals surface area contributed by atoms with Crippen LogP contribution in [0, 0.1) is 11.3 Å². The van der Waals surface area contributed by atoms with Crippen LogP contribution in [0.1, 0.15) is 11.1 Å². The van der Waals surface area contributed by atoms with Crippen molar-refractivity contribution in [2.24, 2.45) is 5.16 Å².